The highest BCUT2D eigenvalue weighted by Crippen LogP contribution is 2.23. The summed E-state index contributed by atoms with van der Waals surface area (Å²) in [5.41, 5.74) is 2.59. The molecule has 2 heterocycles. The number of oxazole rings is 1. The highest BCUT2D eigenvalue weighted by Gasteiger charge is 2.38. The van der Waals surface area contributed by atoms with Crippen LogP contribution in [0.5, 0.6) is 0 Å². The Kier molecular flexibility index (Phi) is 4.93. The summed E-state index contributed by atoms with van der Waals surface area (Å²) >= 11 is 0. The van der Waals surface area contributed by atoms with E-state index in [1.165, 1.54) is 4.90 Å². The van der Waals surface area contributed by atoms with E-state index in [0.717, 1.165) is 17.5 Å². The molecule has 0 spiro atoms. The molecule has 1 N–H and O–H groups in total. The van der Waals surface area contributed by atoms with E-state index in [-0.39, 0.29) is 18.5 Å². The van der Waals surface area contributed by atoms with Gasteiger partial charge in [0.05, 0.1) is 6.54 Å². The molecule has 1 aliphatic heterocycles. The van der Waals surface area contributed by atoms with Gasteiger partial charge >= 0.3 is 6.03 Å². The standard InChI is InChI=1S/C22H21N3O3/c1-15-19(23-20(28-15)17-10-6-3-7-11-17)14-25-21(26)18(24-22(25)27)13-12-16-8-4-2-5-9-16/h2-11,18H,12-14H2,1H3,(H,24,27). The molecule has 6 heteroatoms. The first-order valence-electron chi connectivity index (χ1n) is 9.29. The number of benzene rings is 2. The zero-order chi connectivity index (χ0) is 19.5. The van der Waals surface area contributed by atoms with Gasteiger partial charge in [0.2, 0.25) is 5.89 Å². The summed E-state index contributed by atoms with van der Waals surface area (Å²) < 4.78 is 5.73. The molecule has 1 unspecified atom stereocenters. The van der Waals surface area contributed by atoms with Gasteiger partial charge in [-0.3, -0.25) is 9.69 Å². The SMILES string of the molecule is Cc1oc(-c2ccccc2)nc1CN1C(=O)NC(CCc2ccccc2)C1=O. The van der Waals surface area contributed by atoms with Crippen LogP contribution < -0.4 is 5.32 Å². The Hall–Kier alpha value is -3.41. The second kappa shape index (κ2) is 7.68. The third-order valence-corrected chi connectivity index (χ3v) is 4.89. The lowest BCUT2D eigenvalue weighted by molar-refractivity contribution is -0.128. The fourth-order valence-electron chi connectivity index (χ4n) is 3.31. The summed E-state index contributed by atoms with van der Waals surface area (Å²) in [7, 11) is 0. The van der Waals surface area contributed by atoms with Gasteiger partial charge in [-0.2, -0.15) is 0 Å². The van der Waals surface area contributed by atoms with Crippen molar-refractivity contribution in [1.29, 1.82) is 0 Å². The Balaban J connectivity index is 1.44. The molecule has 6 nitrogen and oxygen atoms in total. The zero-order valence-corrected chi connectivity index (χ0v) is 15.6. The Morgan fingerprint density at radius 2 is 1.71 bits per heavy atom. The first kappa shape index (κ1) is 18.0. The van der Waals surface area contributed by atoms with E-state index >= 15 is 0 Å². The van der Waals surface area contributed by atoms with Crippen LogP contribution in [0.15, 0.2) is 65.1 Å². The molecule has 1 saturated heterocycles. The van der Waals surface area contributed by atoms with Crippen LogP contribution in [0.2, 0.25) is 0 Å². The molecule has 4 rings (SSSR count). The number of urea groups is 1. The molecular weight excluding hydrogens is 354 g/mol. The number of aryl methyl sites for hydroxylation is 2. The van der Waals surface area contributed by atoms with Crippen molar-refractivity contribution in [3.05, 3.63) is 77.7 Å². The summed E-state index contributed by atoms with van der Waals surface area (Å²) in [6.45, 7) is 1.90. The predicted octanol–water partition coefficient (Wildman–Crippen LogP) is 3.70. The van der Waals surface area contributed by atoms with Crippen molar-refractivity contribution in [3.8, 4) is 11.5 Å². The van der Waals surface area contributed by atoms with E-state index in [2.05, 4.69) is 10.3 Å². The number of hydrogen-bond acceptors (Lipinski definition) is 4. The van der Waals surface area contributed by atoms with Gasteiger partial charge in [-0.1, -0.05) is 48.5 Å². The van der Waals surface area contributed by atoms with Gasteiger partial charge in [0, 0.05) is 5.56 Å². The number of carbonyl (C=O) groups is 2. The minimum absolute atomic E-state index is 0.106. The van der Waals surface area contributed by atoms with Crippen molar-refractivity contribution in [3.63, 3.8) is 0 Å². The Morgan fingerprint density at radius 3 is 2.43 bits per heavy atom. The number of imide groups is 1. The van der Waals surface area contributed by atoms with Crippen molar-refractivity contribution >= 4 is 11.9 Å². The second-order valence-electron chi connectivity index (χ2n) is 6.84. The van der Waals surface area contributed by atoms with Crippen molar-refractivity contribution in [2.24, 2.45) is 0 Å². The lowest BCUT2D eigenvalue weighted by Gasteiger charge is -2.11. The van der Waals surface area contributed by atoms with Crippen LogP contribution in [0.4, 0.5) is 4.79 Å². The monoisotopic (exact) mass is 375 g/mol. The van der Waals surface area contributed by atoms with Crippen molar-refractivity contribution in [2.45, 2.75) is 32.4 Å². The quantitative estimate of drug-likeness (QED) is 0.667. The van der Waals surface area contributed by atoms with Gasteiger partial charge in [-0.05, 0) is 37.5 Å². The molecule has 28 heavy (non-hydrogen) atoms. The van der Waals surface area contributed by atoms with E-state index in [4.69, 9.17) is 4.42 Å². The number of aromatic nitrogens is 1. The maximum atomic E-state index is 12.7. The molecule has 1 fully saturated rings. The summed E-state index contributed by atoms with van der Waals surface area (Å²) in [6.07, 6.45) is 1.30. The van der Waals surface area contributed by atoms with Crippen LogP contribution in [0, 0.1) is 6.92 Å². The number of amides is 3. The fraction of sp³-hybridized carbons (Fsp3) is 0.227. The van der Waals surface area contributed by atoms with E-state index in [1.807, 2.05) is 60.7 Å². The summed E-state index contributed by atoms with van der Waals surface area (Å²) in [6, 6.07) is 18.6. The van der Waals surface area contributed by atoms with E-state index in [0.29, 0.717) is 23.8 Å². The van der Waals surface area contributed by atoms with E-state index < -0.39 is 6.04 Å². The zero-order valence-electron chi connectivity index (χ0n) is 15.6. The lowest BCUT2D eigenvalue weighted by atomic mass is 10.1. The molecule has 142 valence electrons. The molecule has 0 radical (unpaired) electrons. The largest absolute Gasteiger partial charge is 0.441 e. The van der Waals surface area contributed by atoms with Crippen molar-refractivity contribution < 1.29 is 14.0 Å². The molecule has 1 atom stereocenters. The minimum Gasteiger partial charge on any atom is -0.441 e. The minimum atomic E-state index is -0.506. The number of carbonyl (C=O) groups excluding carboxylic acids is 2. The lowest BCUT2D eigenvalue weighted by Crippen LogP contribution is -2.31. The van der Waals surface area contributed by atoms with Crippen molar-refractivity contribution in [2.75, 3.05) is 0 Å². The van der Waals surface area contributed by atoms with Crippen LogP contribution in [0.1, 0.15) is 23.4 Å². The van der Waals surface area contributed by atoms with Gasteiger partial charge < -0.3 is 9.73 Å². The van der Waals surface area contributed by atoms with Gasteiger partial charge in [-0.15, -0.1) is 0 Å². The third kappa shape index (κ3) is 3.67. The third-order valence-electron chi connectivity index (χ3n) is 4.89. The van der Waals surface area contributed by atoms with Crippen LogP contribution in [-0.4, -0.2) is 27.9 Å². The molecule has 3 aromatic rings. The average molecular weight is 375 g/mol. The van der Waals surface area contributed by atoms with Gasteiger partial charge in [0.15, 0.2) is 0 Å². The maximum absolute atomic E-state index is 12.7. The van der Waals surface area contributed by atoms with E-state index in [1.54, 1.807) is 6.92 Å². The molecule has 0 saturated carbocycles. The van der Waals surface area contributed by atoms with Crippen molar-refractivity contribution in [1.82, 2.24) is 15.2 Å². The summed E-state index contributed by atoms with van der Waals surface area (Å²) in [5.74, 6) is 0.873. The molecule has 0 bridgehead atoms. The number of rotatable bonds is 6. The van der Waals surface area contributed by atoms with Crippen LogP contribution in [0.25, 0.3) is 11.5 Å². The molecule has 3 amide bonds. The second-order valence-corrected chi connectivity index (χ2v) is 6.84. The van der Waals surface area contributed by atoms with Gasteiger partial charge in [0.25, 0.3) is 5.91 Å². The Bertz CT molecular complexity index is 983. The summed E-state index contributed by atoms with van der Waals surface area (Å²) in [4.78, 5) is 30.8. The topological polar surface area (TPSA) is 75.4 Å². The highest BCUT2D eigenvalue weighted by molar-refractivity contribution is 6.04. The predicted molar refractivity (Wildman–Crippen MR) is 104 cm³/mol. The number of nitrogens with one attached hydrogen (secondary N) is 1. The first-order valence-corrected chi connectivity index (χ1v) is 9.29. The molecule has 1 aliphatic rings. The van der Waals surface area contributed by atoms with Gasteiger partial charge in [-0.25, -0.2) is 9.78 Å². The molecule has 1 aromatic heterocycles. The Morgan fingerprint density at radius 1 is 1.04 bits per heavy atom. The van der Waals surface area contributed by atoms with Crippen LogP contribution in [-0.2, 0) is 17.8 Å². The molecule has 0 aliphatic carbocycles. The number of hydrogen-bond donors (Lipinski definition) is 1. The van der Waals surface area contributed by atoms with Gasteiger partial charge in [0.1, 0.15) is 17.5 Å². The highest BCUT2D eigenvalue weighted by atomic mass is 16.4. The Labute approximate surface area is 163 Å². The summed E-state index contributed by atoms with van der Waals surface area (Å²) in [5, 5.41) is 2.78. The average Bonchev–Trinajstić information content (AvgIpc) is 3.22. The number of nitrogens with zero attached hydrogens (tertiary/aromatic N) is 2. The first-order chi connectivity index (χ1) is 13.6. The van der Waals surface area contributed by atoms with E-state index in [9.17, 15) is 9.59 Å². The molecular formula is C22H21N3O3. The van der Waals surface area contributed by atoms with Crippen LogP contribution in [0.3, 0.4) is 0 Å². The van der Waals surface area contributed by atoms with Crippen LogP contribution >= 0.6 is 0 Å². The maximum Gasteiger partial charge on any atom is 0.325 e. The normalized spacial score (nSPS) is 16.5. The molecule has 2 aromatic carbocycles. The fourth-order valence-corrected chi connectivity index (χ4v) is 3.31. The smallest absolute Gasteiger partial charge is 0.325 e.